The highest BCUT2D eigenvalue weighted by molar-refractivity contribution is 7.99. The fourth-order valence-electron chi connectivity index (χ4n) is 4.19. The van der Waals surface area contributed by atoms with Gasteiger partial charge in [0.2, 0.25) is 0 Å². The summed E-state index contributed by atoms with van der Waals surface area (Å²) in [6.45, 7) is 3.55. The van der Waals surface area contributed by atoms with Gasteiger partial charge in [-0.2, -0.15) is 18.4 Å². The van der Waals surface area contributed by atoms with Crippen LogP contribution in [-0.4, -0.2) is 21.1 Å². The fraction of sp³-hybridized carbons (Fsp3) is 0.333. The second-order valence-electron chi connectivity index (χ2n) is 8.27. The summed E-state index contributed by atoms with van der Waals surface area (Å²) >= 11 is 2.21. The average molecular weight is 520 g/mol. The number of thioether (sulfide) groups is 1. The predicted octanol–water partition coefficient (Wildman–Crippen LogP) is 4.29. The quantitative estimate of drug-likeness (QED) is 0.297. The lowest BCUT2D eigenvalue weighted by Crippen LogP contribution is -2.51. The molecule has 3 aromatic rings. The van der Waals surface area contributed by atoms with Gasteiger partial charge in [0, 0.05) is 4.88 Å². The van der Waals surface area contributed by atoms with E-state index in [0.29, 0.717) is 16.6 Å². The molecule has 0 saturated carbocycles. The molecule has 2 heterocycles. The number of aryl methyl sites for hydroxylation is 2. The molecule has 1 atom stereocenters. The number of thiophene rings is 1. The minimum Gasteiger partial charge on any atom is -0.328 e. The number of nitrogens with zero attached hydrogens (tertiary/aromatic N) is 3. The lowest BCUT2D eigenvalue weighted by molar-refractivity contribution is -0.309. The third kappa shape index (κ3) is 4.91. The van der Waals surface area contributed by atoms with E-state index in [9.17, 15) is 28.0 Å². The molecular formula is C24H22F3N4O2S2+. The number of quaternary nitrogens is 1. The number of ketones is 1. The SMILES string of the molecule is C=C([NH3+])[C@H](C#N)C(=O)CSc1nc2sc3c(c2c(=O)n1-c1ccccc1C(F)(F)F)CCCCC3. The number of benzene rings is 1. The van der Waals surface area contributed by atoms with Crippen molar-refractivity contribution in [2.24, 2.45) is 5.92 Å². The third-order valence-corrected chi connectivity index (χ3v) is 8.01. The standard InChI is InChI=1S/C24H21F3N4O2S2/c1-13(29)15(11-28)18(32)12-34-23-30-21-20(14-7-3-2-4-10-19(14)35-21)22(33)31(23)17-9-6-5-8-16(17)24(25,26)27/h5-6,8-9,15H,1-4,7,10,12,29H2/p+1/t15-/m0/s1. The number of halogens is 3. The van der Waals surface area contributed by atoms with E-state index in [1.807, 2.05) is 6.07 Å². The van der Waals surface area contributed by atoms with Crippen molar-refractivity contribution in [3.63, 3.8) is 0 Å². The van der Waals surface area contributed by atoms with Gasteiger partial charge in [0.1, 0.15) is 10.5 Å². The molecular weight excluding hydrogens is 497 g/mol. The summed E-state index contributed by atoms with van der Waals surface area (Å²) in [5.74, 6) is -1.93. The Bertz CT molecular complexity index is 1420. The molecule has 3 N–H and O–H groups in total. The van der Waals surface area contributed by atoms with E-state index in [-0.39, 0.29) is 22.3 Å². The minimum absolute atomic E-state index is 0.0321. The highest BCUT2D eigenvalue weighted by Gasteiger charge is 2.35. The number of Topliss-reactive ketones (excluding diaryl/α,β-unsaturated/α-hetero) is 1. The van der Waals surface area contributed by atoms with Crippen molar-refractivity contribution in [3.05, 3.63) is 62.9 Å². The van der Waals surface area contributed by atoms with Gasteiger partial charge in [-0.05, 0) is 50.0 Å². The van der Waals surface area contributed by atoms with Crippen LogP contribution < -0.4 is 11.3 Å². The van der Waals surface area contributed by atoms with Gasteiger partial charge in [0.25, 0.3) is 5.56 Å². The number of para-hydroxylation sites is 1. The van der Waals surface area contributed by atoms with Gasteiger partial charge in [-0.15, -0.1) is 11.3 Å². The fourth-order valence-corrected chi connectivity index (χ4v) is 6.40. The third-order valence-electron chi connectivity index (χ3n) is 5.86. The van der Waals surface area contributed by atoms with Crippen LogP contribution in [-0.2, 0) is 23.8 Å². The van der Waals surface area contributed by atoms with Crippen LogP contribution in [0.4, 0.5) is 13.2 Å². The van der Waals surface area contributed by atoms with Crippen LogP contribution in [0.15, 0.2) is 46.5 Å². The number of hydrogen-bond donors (Lipinski definition) is 1. The topological polar surface area (TPSA) is 103 Å². The van der Waals surface area contributed by atoms with Gasteiger partial charge in [-0.25, -0.2) is 4.98 Å². The minimum atomic E-state index is -4.70. The van der Waals surface area contributed by atoms with Crippen LogP contribution in [0, 0.1) is 17.2 Å². The summed E-state index contributed by atoms with van der Waals surface area (Å²) < 4.78 is 42.6. The van der Waals surface area contributed by atoms with Gasteiger partial charge in [0.15, 0.2) is 16.9 Å². The summed E-state index contributed by atoms with van der Waals surface area (Å²) in [5, 5.41) is 9.57. The first kappa shape index (κ1) is 25.2. The Morgan fingerprint density at radius 2 is 2.00 bits per heavy atom. The largest absolute Gasteiger partial charge is 0.418 e. The van der Waals surface area contributed by atoms with E-state index in [2.05, 4.69) is 17.3 Å². The number of rotatable bonds is 6. The zero-order chi connectivity index (χ0) is 25.3. The molecule has 0 aliphatic heterocycles. The van der Waals surface area contributed by atoms with Crippen molar-refractivity contribution < 1.29 is 23.7 Å². The lowest BCUT2D eigenvalue weighted by atomic mass is 10.1. The summed E-state index contributed by atoms with van der Waals surface area (Å²) in [6, 6.07) is 6.66. The zero-order valence-electron chi connectivity index (χ0n) is 18.7. The highest BCUT2D eigenvalue weighted by Crippen LogP contribution is 2.37. The van der Waals surface area contributed by atoms with Gasteiger partial charge in [-0.3, -0.25) is 14.2 Å². The maximum Gasteiger partial charge on any atom is 0.418 e. The first-order valence-corrected chi connectivity index (χ1v) is 12.7. The number of allylic oxidation sites excluding steroid dienone is 1. The van der Waals surface area contributed by atoms with Crippen LogP contribution in [0.2, 0.25) is 0 Å². The smallest absolute Gasteiger partial charge is 0.328 e. The number of fused-ring (bicyclic) bond motifs is 3. The Morgan fingerprint density at radius 3 is 2.69 bits per heavy atom. The van der Waals surface area contributed by atoms with Crippen molar-refractivity contribution in [2.75, 3.05) is 5.75 Å². The van der Waals surface area contributed by atoms with E-state index >= 15 is 0 Å². The van der Waals surface area contributed by atoms with Crippen LogP contribution in [0.3, 0.4) is 0 Å². The first-order chi connectivity index (χ1) is 16.6. The molecule has 4 rings (SSSR count). The maximum absolute atomic E-state index is 13.9. The monoisotopic (exact) mass is 519 g/mol. The van der Waals surface area contributed by atoms with Crippen molar-refractivity contribution >= 4 is 39.1 Å². The molecule has 1 aromatic carbocycles. The van der Waals surface area contributed by atoms with E-state index in [1.54, 1.807) is 0 Å². The Morgan fingerprint density at radius 1 is 1.29 bits per heavy atom. The molecule has 0 amide bonds. The molecule has 6 nitrogen and oxygen atoms in total. The molecule has 0 saturated heterocycles. The number of carbonyl (C=O) groups is 1. The van der Waals surface area contributed by atoms with E-state index in [0.717, 1.165) is 58.5 Å². The average Bonchev–Trinajstić information content (AvgIpc) is 2.98. The van der Waals surface area contributed by atoms with Gasteiger partial charge in [-0.1, -0.05) is 30.3 Å². The van der Waals surface area contributed by atoms with Crippen molar-refractivity contribution in [1.29, 1.82) is 5.26 Å². The predicted molar refractivity (Wildman–Crippen MR) is 128 cm³/mol. The van der Waals surface area contributed by atoms with Gasteiger partial charge >= 0.3 is 6.18 Å². The van der Waals surface area contributed by atoms with E-state index < -0.39 is 29.0 Å². The van der Waals surface area contributed by atoms with Gasteiger partial charge in [0.05, 0.1) is 28.5 Å². The Kier molecular flexibility index (Phi) is 7.17. The molecule has 182 valence electrons. The molecule has 1 aliphatic rings. The molecule has 2 aromatic heterocycles. The van der Waals surface area contributed by atoms with E-state index in [1.165, 1.54) is 29.5 Å². The second kappa shape index (κ2) is 9.97. The Hall–Kier alpha value is -2.94. The number of hydrogen-bond acceptors (Lipinski definition) is 6. The van der Waals surface area contributed by atoms with Crippen LogP contribution in [0.25, 0.3) is 15.9 Å². The molecule has 0 fully saturated rings. The molecule has 0 spiro atoms. The summed E-state index contributed by atoms with van der Waals surface area (Å²) in [5.41, 5.74) is 2.64. The van der Waals surface area contributed by atoms with Crippen molar-refractivity contribution in [1.82, 2.24) is 9.55 Å². The number of carbonyl (C=O) groups excluding carboxylic acids is 1. The van der Waals surface area contributed by atoms with Gasteiger partial charge < -0.3 is 5.73 Å². The zero-order valence-corrected chi connectivity index (χ0v) is 20.3. The Balaban J connectivity index is 1.92. The summed E-state index contributed by atoms with van der Waals surface area (Å²) in [7, 11) is 0. The summed E-state index contributed by atoms with van der Waals surface area (Å²) in [4.78, 5) is 32.4. The molecule has 11 heteroatoms. The van der Waals surface area contributed by atoms with E-state index in [4.69, 9.17) is 0 Å². The molecule has 35 heavy (non-hydrogen) atoms. The Labute approximate surface area is 207 Å². The van der Waals surface area contributed by atoms with Crippen LogP contribution >= 0.6 is 23.1 Å². The maximum atomic E-state index is 13.9. The second-order valence-corrected chi connectivity index (χ2v) is 10.3. The molecule has 0 radical (unpaired) electrons. The van der Waals surface area contributed by atoms with Crippen molar-refractivity contribution in [2.45, 2.75) is 43.4 Å². The number of alkyl halides is 3. The van der Waals surface area contributed by atoms with Crippen molar-refractivity contribution in [3.8, 4) is 11.8 Å². The highest BCUT2D eigenvalue weighted by atomic mass is 32.2. The van der Waals surface area contributed by atoms with Crippen LogP contribution in [0.5, 0.6) is 0 Å². The van der Waals surface area contributed by atoms with Crippen LogP contribution in [0.1, 0.15) is 35.3 Å². The summed E-state index contributed by atoms with van der Waals surface area (Å²) in [6.07, 6.45) is -0.335. The molecule has 0 unspecified atom stereocenters. The number of nitriles is 1. The lowest BCUT2D eigenvalue weighted by Gasteiger charge is -2.17. The number of aromatic nitrogens is 2. The normalized spacial score (nSPS) is 14.7. The molecule has 0 bridgehead atoms. The first-order valence-electron chi connectivity index (χ1n) is 10.9. The molecule has 1 aliphatic carbocycles.